The molecule has 0 aliphatic carbocycles. The van der Waals surface area contributed by atoms with Crippen molar-refractivity contribution >= 4 is 46.3 Å². The molecule has 6 N–H and O–H groups in total. The van der Waals surface area contributed by atoms with Crippen molar-refractivity contribution in [2.24, 2.45) is 0 Å². The van der Waals surface area contributed by atoms with E-state index in [-0.39, 0.29) is 17.5 Å². The first kappa shape index (κ1) is 12.5. The molecule has 0 aliphatic heterocycles. The maximum Gasteiger partial charge on any atom is 0.277 e. The highest BCUT2D eigenvalue weighted by molar-refractivity contribution is 6.42. The molecule has 0 atom stereocenters. The molecular weight excluding hydrogens is 277 g/mol. The van der Waals surface area contributed by atoms with Crippen molar-refractivity contribution in [1.29, 1.82) is 0 Å². The summed E-state index contributed by atoms with van der Waals surface area (Å²) in [6.45, 7) is 0. The molecule has 1 heterocycles. The largest absolute Gasteiger partial charge is 0.391 e. The molecule has 0 radical (unpaired) electrons. The Morgan fingerprint density at radius 3 is 2.61 bits per heavy atom. The van der Waals surface area contributed by atoms with Gasteiger partial charge in [-0.1, -0.05) is 23.2 Å². The Balaban J connectivity index is 2.39. The van der Waals surface area contributed by atoms with Gasteiger partial charge >= 0.3 is 0 Å². The van der Waals surface area contributed by atoms with Gasteiger partial charge in [0.15, 0.2) is 5.82 Å². The van der Waals surface area contributed by atoms with E-state index < -0.39 is 5.56 Å². The fraction of sp³-hybridized carbons (Fsp3) is 0. The number of aromatic nitrogens is 2. The second kappa shape index (κ2) is 4.75. The molecule has 94 valence electrons. The highest BCUT2D eigenvalue weighted by atomic mass is 35.5. The second-order valence-electron chi connectivity index (χ2n) is 3.47. The third-order valence-electron chi connectivity index (χ3n) is 2.16. The minimum absolute atomic E-state index is 0.0308. The lowest BCUT2D eigenvalue weighted by atomic mass is 10.3. The molecule has 0 amide bonds. The lowest BCUT2D eigenvalue weighted by molar-refractivity contribution is 1.14. The number of hydrogen-bond acceptors (Lipinski definition) is 5. The summed E-state index contributed by atoms with van der Waals surface area (Å²) in [6, 6.07) is 4.87. The van der Waals surface area contributed by atoms with Crippen molar-refractivity contribution in [2.75, 3.05) is 16.8 Å². The van der Waals surface area contributed by atoms with Crippen LogP contribution in [0.1, 0.15) is 0 Å². The second-order valence-corrected chi connectivity index (χ2v) is 4.28. The molecule has 18 heavy (non-hydrogen) atoms. The van der Waals surface area contributed by atoms with Crippen molar-refractivity contribution in [2.45, 2.75) is 0 Å². The Labute approximate surface area is 112 Å². The van der Waals surface area contributed by atoms with Crippen LogP contribution in [0.5, 0.6) is 0 Å². The standard InChI is InChI=1S/C10H9Cl2N5O/c11-5-2-1-4(3-6(5)12)15-8-7(13)9(18)17-10(14)16-8/h1-3H,13H2,(H4,14,15,16,17,18). The molecule has 0 bridgehead atoms. The van der Waals surface area contributed by atoms with Gasteiger partial charge < -0.3 is 16.8 Å². The van der Waals surface area contributed by atoms with E-state index in [2.05, 4.69) is 15.3 Å². The number of benzene rings is 1. The smallest absolute Gasteiger partial charge is 0.277 e. The van der Waals surface area contributed by atoms with Crippen molar-refractivity contribution in [1.82, 2.24) is 9.97 Å². The number of rotatable bonds is 2. The summed E-state index contributed by atoms with van der Waals surface area (Å²) >= 11 is 11.7. The Hall–Kier alpha value is -1.92. The number of hydrogen-bond donors (Lipinski definition) is 4. The zero-order chi connectivity index (χ0) is 13.3. The van der Waals surface area contributed by atoms with Gasteiger partial charge in [0.25, 0.3) is 5.56 Å². The van der Waals surface area contributed by atoms with Gasteiger partial charge in [-0.2, -0.15) is 4.98 Å². The van der Waals surface area contributed by atoms with E-state index in [1.54, 1.807) is 18.2 Å². The van der Waals surface area contributed by atoms with Gasteiger partial charge in [0, 0.05) is 5.69 Å². The van der Waals surface area contributed by atoms with Crippen LogP contribution in [0.4, 0.5) is 23.1 Å². The van der Waals surface area contributed by atoms with E-state index in [0.717, 1.165) is 0 Å². The molecule has 8 heteroatoms. The number of H-pyrrole nitrogens is 1. The molecule has 1 aromatic heterocycles. The minimum atomic E-state index is -0.509. The number of nitrogens with two attached hydrogens (primary N) is 2. The highest BCUT2D eigenvalue weighted by Gasteiger charge is 2.08. The van der Waals surface area contributed by atoms with Gasteiger partial charge in [-0.3, -0.25) is 9.78 Å². The summed E-state index contributed by atoms with van der Waals surface area (Å²) in [4.78, 5) is 17.6. The first-order valence-corrected chi connectivity index (χ1v) is 5.60. The van der Waals surface area contributed by atoms with E-state index in [9.17, 15) is 4.79 Å². The highest BCUT2D eigenvalue weighted by Crippen LogP contribution is 2.27. The fourth-order valence-corrected chi connectivity index (χ4v) is 1.60. The molecule has 2 rings (SSSR count). The molecule has 0 unspecified atom stereocenters. The summed E-state index contributed by atoms with van der Waals surface area (Å²) in [5.74, 6) is 0.131. The van der Waals surface area contributed by atoms with Gasteiger partial charge in [0.2, 0.25) is 5.95 Å². The molecule has 6 nitrogen and oxygen atoms in total. The maximum absolute atomic E-state index is 11.4. The maximum atomic E-state index is 11.4. The zero-order valence-corrected chi connectivity index (χ0v) is 10.5. The average molecular weight is 286 g/mol. The van der Waals surface area contributed by atoms with Crippen LogP contribution in [0.15, 0.2) is 23.0 Å². The third kappa shape index (κ3) is 2.49. The summed E-state index contributed by atoms with van der Waals surface area (Å²) in [5.41, 5.74) is 11.0. The predicted molar refractivity (Wildman–Crippen MR) is 73.4 cm³/mol. The summed E-state index contributed by atoms with van der Waals surface area (Å²) in [6.07, 6.45) is 0. The van der Waals surface area contributed by atoms with Gasteiger partial charge in [-0.05, 0) is 18.2 Å². The number of nitrogens with zero attached hydrogens (tertiary/aromatic N) is 1. The molecule has 0 saturated heterocycles. The molecule has 0 fully saturated rings. The van der Waals surface area contributed by atoms with Crippen LogP contribution in [-0.4, -0.2) is 9.97 Å². The SMILES string of the molecule is Nc1nc(Nc2ccc(Cl)c(Cl)c2)c(N)c(=O)[nH]1. The first-order chi connectivity index (χ1) is 8.47. The molecule has 0 aliphatic rings. The van der Waals surface area contributed by atoms with Gasteiger partial charge in [-0.25, -0.2) is 0 Å². The normalized spacial score (nSPS) is 10.3. The number of anilines is 4. The lowest BCUT2D eigenvalue weighted by Crippen LogP contribution is -2.17. The molecule has 2 aromatic rings. The number of nitrogens with one attached hydrogen (secondary N) is 2. The average Bonchev–Trinajstić information content (AvgIpc) is 2.30. The molecule has 0 saturated carbocycles. The fourth-order valence-electron chi connectivity index (χ4n) is 1.31. The van der Waals surface area contributed by atoms with Crippen LogP contribution in [0.2, 0.25) is 10.0 Å². The Morgan fingerprint density at radius 1 is 1.22 bits per heavy atom. The topological polar surface area (TPSA) is 110 Å². The van der Waals surface area contributed by atoms with Crippen LogP contribution in [0, 0.1) is 0 Å². The summed E-state index contributed by atoms with van der Waals surface area (Å²) in [7, 11) is 0. The number of halogens is 2. The summed E-state index contributed by atoms with van der Waals surface area (Å²) < 4.78 is 0. The van der Waals surface area contributed by atoms with E-state index in [1.165, 1.54) is 0 Å². The number of aromatic amines is 1. The lowest BCUT2D eigenvalue weighted by Gasteiger charge is -2.09. The van der Waals surface area contributed by atoms with Crippen molar-refractivity contribution < 1.29 is 0 Å². The van der Waals surface area contributed by atoms with Crippen LogP contribution >= 0.6 is 23.2 Å². The quantitative estimate of drug-likeness (QED) is 0.674. The Morgan fingerprint density at radius 2 is 1.94 bits per heavy atom. The van der Waals surface area contributed by atoms with Crippen LogP contribution in [0.25, 0.3) is 0 Å². The molecule has 0 spiro atoms. The zero-order valence-electron chi connectivity index (χ0n) is 9.00. The van der Waals surface area contributed by atoms with Crippen molar-refractivity contribution in [3.8, 4) is 0 Å². The van der Waals surface area contributed by atoms with E-state index in [0.29, 0.717) is 15.7 Å². The van der Waals surface area contributed by atoms with Crippen molar-refractivity contribution in [3.63, 3.8) is 0 Å². The van der Waals surface area contributed by atoms with Crippen LogP contribution < -0.4 is 22.3 Å². The summed E-state index contributed by atoms with van der Waals surface area (Å²) in [5, 5.41) is 3.64. The monoisotopic (exact) mass is 285 g/mol. The van der Waals surface area contributed by atoms with Crippen molar-refractivity contribution in [3.05, 3.63) is 38.6 Å². The van der Waals surface area contributed by atoms with E-state index in [1.807, 2.05) is 0 Å². The van der Waals surface area contributed by atoms with Crippen LogP contribution in [-0.2, 0) is 0 Å². The van der Waals surface area contributed by atoms with E-state index in [4.69, 9.17) is 34.7 Å². The molecule has 1 aromatic carbocycles. The predicted octanol–water partition coefficient (Wildman–Crippen LogP) is 1.98. The third-order valence-corrected chi connectivity index (χ3v) is 2.89. The first-order valence-electron chi connectivity index (χ1n) is 4.84. The van der Waals surface area contributed by atoms with E-state index >= 15 is 0 Å². The Kier molecular flexibility index (Phi) is 3.31. The van der Waals surface area contributed by atoms with Gasteiger partial charge in [0.1, 0.15) is 5.69 Å². The minimum Gasteiger partial charge on any atom is -0.391 e. The van der Waals surface area contributed by atoms with Gasteiger partial charge in [-0.15, -0.1) is 0 Å². The number of nitrogen functional groups attached to an aromatic ring is 2. The van der Waals surface area contributed by atoms with Crippen LogP contribution in [0.3, 0.4) is 0 Å². The molecular formula is C10H9Cl2N5O. The van der Waals surface area contributed by atoms with Gasteiger partial charge in [0.05, 0.1) is 10.0 Å². The Bertz CT molecular complexity index is 655.